The molecule has 1 unspecified atom stereocenters. The van der Waals surface area contributed by atoms with E-state index in [1.54, 1.807) is 10.6 Å². The zero-order chi connectivity index (χ0) is 20.5. The molecule has 1 aliphatic rings. The summed E-state index contributed by atoms with van der Waals surface area (Å²) in [6, 6.07) is 15.7. The van der Waals surface area contributed by atoms with Crippen molar-refractivity contribution in [1.82, 2.24) is 14.3 Å². The van der Waals surface area contributed by atoms with Gasteiger partial charge in [0.2, 0.25) is 0 Å². The summed E-state index contributed by atoms with van der Waals surface area (Å²) < 4.78 is 2.99. The molecule has 0 amide bonds. The van der Waals surface area contributed by atoms with Gasteiger partial charge in [-0.3, -0.25) is 9.36 Å². The second kappa shape index (κ2) is 7.99. The van der Waals surface area contributed by atoms with Crippen LogP contribution in [0.1, 0.15) is 49.3 Å². The van der Waals surface area contributed by atoms with Crippen molar-refractivity contribution in [2.24, 2.45) is 0 Å². The quantitative estimate of drug-likeness (QED) is 0.564. The van der Waals surface area contributed by atoms with E-state index in [4.69, 9.17) is 11.6 Å². The van der Waals surface area contributed by atoms with E-state index in [0.29, 0.717) is 17.3 Å². The van der Waals surface area contributed by atoms with E-state index in [1.165, 1.54) is 10.2 Å². The van der Waals surface area contributed by atoms with E-state index in [0.717, 1.165) is 24.0 Å². The second-order valence-corrected chi connectivity index (χ2v) is 8.31. The van der Waals surface area contributed by atoms with Gasteiger partial charge in [0.15, 0.2) is 11.6 Å². The first kappa shape index (κ1) is 19.6. The third kappa shape index (κ3) is 4.20. The lowest BCUT2D eigenvalue weighted by Gasteiger charge is -2.11. The number of rotatable bonds is 7. The predicted octanol–water partition coefficient (Wildman–Crippen LogP) is 4.77. The molecular weight excluding hydrogens is 386 g/mol. The fraction of sp³-hybridized carbons (Fsp3) is 0.348. The topological polar surface area (TPSA) is 56.9 Å². The zero-order valence-electron chi connectivity index (χ0n) is 16.6. The van der Waals surface area contributed by atoms with Gasteiger partial charge in [-0.1, -0.05) is 60.5 Å². The standard InChI is InChI=1S/C23H24ClN3O2/c1-15-6-5-7-17(12-15)16(2)13-19(28)14-26-23(29)27(18-10-11-18)22(25-26)20-8-3-4-9-21(20)24/h3-9,12,16,18H,10-11,13-14H2,1-2H3. The molecule has 0 bridgehead atoms. The highest BCUT2D eigenvalue weighted by Gasteiger charge is 2.31. The molecule has 0 N–H and O–H groups in total. The number of nitrogens with zero attached hydrogens (tertiary/aromatic N) is 3. The number of hydrogen-bond acceptors (Lipinski definition) is 3. The molecule has 0 aliphatic heterocycles. The number of carbonyl (C=O) groups excluding carboxylic acids is 1. The minimum absolute atomic E-state index is 0.00717. The van der Waals surface area contributed by atoms with Crippen LogP contribution in [0.4, 0.5) is 0 Å². The molecule has 4 rings (SSSR count). The molecule has 3 aromatic rings. The van der Waals surface area contributed by atoms with Crippen molar-refractivity contribution in [3.8, 4) is 11.4 Å². The summed E-state index contributed by atoms with van der Waals surface area (Å²) >= 11 is 6.34. The monoisotopic (exact) mass is 409 g/mol. The van der Waals surface area contributed by atoms with Gasteiger partial charge in [-0.05, 0) is 43.4 Å². The van der Waals surface area contributed by atoms with E-state index in [9.17, 15) is 9.59 Å². The number of carbonyl (C=O) groups is 1. The van der Waals surface area contributed by atoms with Gasteiger partial charge in [-0.2, -0.15) is 0 Å². The van der Waals surface area contributed by atoms with Crippen molar-refractivity contribution in [2.75, 3.05) is 0 Å². The van der Waals surface area contributed by atoms with Crippen LogP contribution in [0.2, 0.25) is 5.02 Å². The van der Waals surface area contributed by atoms with Crippen LogP contribution >= 0.6 is 11.6 Å². The third-order valence-corrected chi connectivity index (χ3v) is 5.70. The number of hydrogen-bond donors (Lipinski definition) is 0. The van der Waals surface area contributed by atoms with Crippen LogP contribution in [0.5, 0.6) is 0 Å². The predicted molar refractivity (Wildman–Crippen MR) is 114 cm³/mol. The SMILES string of the molecule is Cc1cccc(C(C)CC(=O)Cn2nc(-c3ccccc3Cl)n(C3CC3)c2=O)c1. The van der Waals surface area contributed by atoms with E-state index < -0.39 is 0 Å². The minimum atomic E-state index is -0.237. The van der Waals surface area contributed by atoms with E-state index in [2.05, 4.69) is 11.2 Å². The molecule has 1 heterocycles. The Kier molecular flexibility index (Phi) is 5.41. The van der Waals surface area contributed by atoms with Gasteiger partial charge in [0, 0.05) is 18.0 Å². The van der Waals surface area contributed by atoms with Gasteiger partial charge in [0.1, 0.15) is 6.54 Å². The Bertz CT molecular complexity index is 1110. The fourth-order valence-electron chi connectivity index (χ4n) is 3.68. The number of aromatic nitrogens is 3. The Balaban J connectivity index is 1.58. The molecule has 2 aromatic carbocycles. The number of ketones is 1. The normalized spacial score (nSPS) is 14.7. The molecule has 0 saturated heterocycles. The van der Waals surface area contributed by atoms with Crippen molar-refractivity contribution < 1.29 is 4.79 Å². The lowest BCUT2D eigenvalue weighted by Crippen LogP contribution is -2.28. The average Bonchev–Trinajstić information content (AvgIpc) is 3.47. The summed E-state index contributed by atoms with van der Waals surface area (Å²) in [7, 11) is 0. The second-order valence-electron chi connectivity index (χ2n) is 7.90. The molecular formula is C23H24ClN3O2. The lowest BCUT2D eigenvalue weighted by molar-refractivity contribution is -0.120. The summed E-state index contributed by atoms with van der Waals surface area (Å²) in [5.74, 6) is 0.626. The van der Waals surface area contributed by atoms with E-state index >= 15 is 0 Å². The first-order chi connectivity index (χ1) is 13.9. The van der Waals surface area contributed by atoms with Gasteiger partial charge in [-0.15, -0.1) is 5.10 Å². The number of Topliss-reactive ketones (excluding diaryl/α,β-unsaturated/α-hetero) is 1. The Labute approximate surface area is 174 Å². The number of aryl methyl sites for hydroxylation is 1. The molecule has 1 aromatic heterocycles. The van der Waals surface area contributed by atoms with Crippen molar-refractivity contribution >= 4 is 17.4 Å². The maximum atomic E-state index is 13.0. The highest BCUT2D eigenvalue weighted by Crippen LogP contribution is 2.37. The highest BCUT2D eigenvalue weighted by molar-refractivity contribution is 6.33. The molecule has 29 heavy (non-hydrogen) atoms. The van der Waals surface area contributed by atoms with Crippen LogP contribution in [0.25, 0.3) is 11.4 Å². The summed E-state index contributed by atoms with van der Waals surface area (Å²) in [4.78, 5) is 25.7. The van der Waals surface area contributed by atoms with Crippen LogP contribution in [0.3, 0.4) is 0 Å². The number of benzene rings is 2. The zero-order valence-corrected chi connectivity index (χ0v) is 17.4. The van der Waals surface area contributed by atoms with Crippen molar-refractivity contribution in [3.05, 3.63) is 75.2 Å². The molecule has 1 atom stereocenters. The summed E-state index contributed by atoms with van der Waals surface area (Å²) in [5, 5.41) is 5.05. The van der Waals surface area contributed by atoms with Crippen LogP contribution < -0.4 is 5.69 Å². The van der Waals surface area contributed by atoms with Crippen molar-refractivity contribution in [3.63, 3.8) is 0 Å². The van der Waals surface area contributed by atoms with Gasteiger partial charge in [0.05, 0.1) is 5.02 Å². The summed E-state index contributed by atoms with van der Waals surface area (Å²) in [5.41, 5.74) is 2.79. The molecule has 1 saturated carbocycles. The van der Waals surface area contributed by atoms with Gasteiger partial charge >= 0.3 is 5.69 Å². The number of halogens is 1. The van der Waals surface area contributed by atoms with Crippen LogP contribution in [-0.4, -0.2) is 20.1 Å². The first-order valence-electron chi connectivity index (χ1n) is 9.96. The average molecular weight is 410 g/mol. The van der Waals surface area contributed by atoms with Crippen LogP contribution in [0.15, 0.2) is 53.3 Å². The molecule has 5 nitrogen and oxygen atoms in total. The molecule has 150 valence electrons. The Morgan fingerprint density at radius 2 is 1.97 bits per heavy atom. The smallest absolute Gasteiger partial charge is 0.298 e. The lowest BCUT2D eigenvalue weighted by atomic mass is 9.94. The summed E-state index contributed by atoms with van der Waals surface area (Å²) in [6.45, 7) is 4.05. The fourth-order valence-corrected chi connectivity index (χ4v) is 3.90. The van der Waals surface area contributed by atoms with Gasteiger partial charge in [-0.25, -0.2) is 9.48 Å². The van der Waals surface area contributed by atoms with Crippen LogP contribution in [-0.2, 0) is 11.3 Å². The minimum Gasteiger partial charge on any atom is -0.298 e. The Hall–Kier alpha value is -2.66. The third-order valence-electron chi connectivity index (χ3n) is 5.37. The maximum absolute atomic E-state index is 13.0. The van der Waals surface area contributed by atoms with E-state index in [1.807, 2.05) is 50.2 Å². The largest absolute Gasteiger partial charge is 0.346 e. The Morgan fingerprint density at radius 1 is 1.21 bits per heavy atom. The van der Waals surface area contributed by atoms with Gasteiger partial charge in [0.25, 0.3) is 0 Å². The highest BCUT2D eigenvalue weighted by atomic mass is 35.5. The molecule has 0 spiro atoms. The first-order valence-corrected chi connectivity index (χ1v) is 10.3. The molecule has 6 heteroatoms. The Morgan fingerprint density at radius 3 is 2.66 bits per heavy atom. The van der Waals surface area contributed by atoms with E-state index in [-0.39, 0.29) is 30.0 Å². The summed E-state index contributed by atoms with van der Waals surface area (Å²) in [6.07, 6.45) is 2.26. The molecule has 0 radical (unpaired) electrons. The van der Waals surface area contributed by atoms with Crippen molar-refractivity contribution in [1.29, 1.82) is 0 Å². The van der Waals surface area contributed by atoms with Gasteiger partial charge < -0.3 is 0 Å². The maximum Gasteiger partial charge on any atom is 0.346 e. The molecule has 1 fully saturated rings. The van der Waals surface area contributed by atoms with Crippen molar-refractivity contribution in [2.45, 2.75) is 51.6 Å². The molecule has 1 aliphatic carbocycles. The van der Waals surface area contributed by atoms with Crippen LogP contribution in [0, 0.1) is 6.92 Å².